The molecule has 3 heteroatoms. The standard InChI is InChI=1S/C18H25N3/c1-13(2)17(19-12-14-8-4-3-5-9-14)18-20-15-10-6-7-11-16(15)21-18/h3-4,6-7,10-11,13-14,17,19H,5,8-9,12H2,1-2H3,(H,20,21)/t14-,17+/m1/s1. The minimum atomic E-state index is 0.295. The fourth-order valence-corrected chi connectivity index (χ4v) is 3.10. The number of H-pyrrole nitrogens is 1. The van der Waals surface area contributed by atoms with Gasteiger partial charge in [0, 0.05) is 0 Å². The lowest BCUT2D eigenvalue weighted by Crippen LogP contribution is -2.31. The number of hydrogen-bond donors (Lipinski definition) is 2. The van der Waals surface area contributed by atoms with E-state index >= 15 is 0 Å². The molecule has 3 rings (SSSR count). The molecule has 0 radical (unpaired) electrons. The van der Waals surface area contributed by atoms with E-state index in [1.165, 1.54) is 19.3 Å². The van der Waals surface area contributed by atoms with Gasteiger partial charge in [0.25, 0.3) is 0 Å². The molecule has 3 nitrogen and oxygen atoms in total. The molecule has 0 saturated carbocycles. The topological polar surface area (TPSA) is 40.7 Å². The predicted molar refractivity (Wildman–Crippen MR) is 88.2 cm³/mol. The smallest absolute Gasteiger partial charge is 0.124 e. The lowest BCUT2D eigenvalue weighted by Gasteiger charge is -2.25. The predicted octanol–water partition coefficient (Wildman–Crippen LogP) is 4.21. The molecule has 0 fully saturated rings. The Labute approximate surface area is 126 Å². The van der Waals surface area contributed by atoms with Crippen molar-refractivity contribution in [3.63, 3.8) is 0 Å². The Balaban J connectivity index is 1.72. The monoisotopic (exact) mass is 283 g/mol. The maximum absolute atomic E-state index is 4.77. The molecular formula is C18H25N3. The molecule has 1 aromatic heterocycles. The number of rotatable bonds is 5. The summed E-state index contributed by atoms with van der Waals surface area (Å²) in [5.41, 5.74) is 2.18. The average Bonchev–Trinajstić information content (AvgIpc) is 2.91. The maximum atomic E-state index is 4.77. The van der Waals surface area contributed by atoms with Crippen LogP contribution in [0.1, 0.15) is 45.0 Å². The van der Waals surface area contributed by atoms with Gasteiger partial charge in [-0.3, -0.25) is 0 Å². The SMILES string of the molecule is CC(C)[C@H](NC[C@@H]1CC=CCC1)c1nc2ccccc2[nH]1. The highest BCUT2D eigenvalue weighted by molar-refractivity contribution is 5.74. The number of imidazole rings is 1. The molecule has 21 heavy (non-hydrogen) atoms. The molecule has 0 bridgehead atoms. The number of para-hydroxylation sites is 2. The van der Waals surface area contributed by atoms with Gasteiger partial charge in [-0.05, 0) is 49.8 Å². The molecule has 112 valence electrons. The van der Waals surface area contributed by atoms with Crippen molar-refractivity contribution < 1.29 is 0 Å². The summed E-state index contributed by atoms with van der Waals surface area (Å²) < 4.78 is 0. The highest BCUT2D eigenvalue weighted by atomic mass is 15.0. The minimum absolute atomic E-state index is 0.295. The Morgan fingerprint density at radius 3 is 2.86 bits per heavy atom. The Kier molecular flexibility index (Phi) is 4.39. The summed E-state index contributed by atoms with van der Waals surface area (Å²) in [5.74, 6) is 2.35. The van der Waals surface area contributed by atoms with E-state index in [2.05, 4.69) is 54.5 Å². The Hall–Kier alpha value is -1.61. The van der Waals surface area contributed by atoms with Crippen LogP contribution in [0.5, 0.6) is 0 Å². The summed E-state index contributed by atoms with van der Waals surface area (Å²) in [7, 11) is 0. The summed E-state index contributed by atoms with van der Waals surface area (Å²) in [4.78, 5) is 8.24. The molecule has 1 heterocycles. The maximum Gasteiger partial charge on any atom is 0.124 e. The zero-order valence-electron chi connectivity index (χ0n) is 13.0. The summed E-state index contributed by atoms with van der Waals surface area (Å²) in [6.45, 7) is 5.58. The van der Waals surface area contributed by atoms with Crippen molar-refractivity contribution in [3.05, 3.63) is 42.2 Å². The number of nitrogens with zero attached hydrogens (tertiary/aromatic N) is 1. The largest absolute Gasteiger partial charge is 0.341 e. The van der Waals surface area contributed by atoms with Gasteiger partial charge < -0.3 is 10.3 Å². The molecule has 0 amide bonds. The van der Waals surface area contributed by atoms with Gasteiger partial charge in [-0.2, -0.15) is 0 Å². The first-order valence-electron chi connectivity index (χ1n) is 8.07. The molecule has 0 aliphatic heterocycles. The molecule has 1 aliphatic carbocycles. The first kappa shape index (κ1) is 14.3. The van der Waals surface area contributed by atoms with Crippen molar-refractivity contribution >= 4 is 11.0 Å². The van der Waals surface area contributed by atoms with Crippen molar-refractivity contribution in [1.29, 1.82) is 0 Å². The van der Waals surface area contributed by atoms with Crippen molar-refractivity contribution in [2.45, 2.75) is 39.2 Å². The lowest BCUT2D eigenvalue weighted by atomic mass is 9.93. The first-order chi connectivity index (χ1) is 10.2. The van der Waals surface area contributed by atoms with Crippen molar-refractivity contribution in [1.82, 2.24) is 15.3 Å². The van der Waals surface area contributed by atoms with E-state index in [0.717, 1.165) is 29.3 Å². The Morgan fingerprint density at radius 1 is 1.29 bits per heavy atom. The number of nitrogens with one attached hydrogen (secondary N) is 2. The lowest BCUT2D eigenvalue weighted by molar-refractivity contribution is 0.347. The molecular weight excluding hydrogens is 258 g/mol. The van der Waals surface area contributed by atoms with Crippen molar-refractivity contribution in [2.75, 3.05) is 6.54 Å². The molecule has 1 aliphatic rings. The third kappa shape index (κ3) is 3.35. The molecule has 2 aromatic rings. The molecule has 0 unspecified atom stereocenters. The fourth-order valence-electron chi connectivity index (χ4n) is 3.10. The second-order valence-electron chi connectivity index (χ2n) is 6.42. The first-order valence-corrected chi connectivity index (χ1v) is 8.07. The number of aromatic nitrogens is 2. The highest BCUT2D eigenvalue weighted by Gasteiger charge is 2.20. The van der Waals surface area contributed by atoms with Crippen LogP contribution in [0, 0.1) is 11.8 Å². The van der Waals surface area contributed by atoms with E-state index in [1.54, 1.807) is 0 Å². The molecule has 2 N–H and O–H groups in total. The zero-order valence-corrected chi connectivity index (χ0v) is 13.0. The summed E-state index contributed by atoms with van der Waals surface area (Å²) in [6.07, 6.45) is 8.35. The van der Waals surface area contributed by atoms with Crippen LogP contribution in [0.2, 0.25) is 0 Å². The quantitative estimate of drug-likeness (QED) is 0.807. The third-order valence-electron chi connectivity index (χ3n) is 4.37. The minimum Gasteiger partial charge on any atom is -0.341 e. The fraction of sp³-hybridized carbons (Fsp3) is 0.500. The average molecular weight is 283 g/mol. The molecule has 0 saturated heterocycles. The van der Waals surface area contributed by atoms with Crippen LogP contribution < -0.4 is 5.32 Å². The molecule has 2 atom stereocenters. The second-order valence-corrected chi connectivity index (χ2v) is 6.42. The van der Waals surface area contributed by atoms with Gasteiger partial charge in [-0.1, -0.05) is 38.1 Å². The van der Waals surface area contributed by atoms with Crippen LogP contribution in [0.3, 0.4) is 0 Å². The van der Waals surface area contributed by atoms with E-state index in [9.17, 15) is 0 Å². The molecule has 0 spiro atoms. The Bertz CT molecular complexity index is 579. The number of allylic oxidation sites excluding steroid dienone is 2. The van der Waals surface area contributed by atoms with Gasteiger partial charge in [0.05, 0.1) is 17.1 Å². The second kappa shape index (κ2) is 6.44. The van der Waals surface area contributed by atoms with Crippen molar-refractivity contribution in [2.24, 2.45) is 11.8 Å². The Morgan fingerprint density at radius 2 is 2.14 bits per heavy atom. The van der Waals surface area contributed by atoms with E-state index in [1.807, 2.05) is 6.07 Å². The van der Waals surface area contributed by atoms with Gasteiger partial charge in [-0.15, -0.1) is 0 Å². The van der Waals surface area contributed by atoms with Gasteiger partial charge >= 0.3 is 0 Å². The van der Waals surface area contributed by atoms with Crippen LogP contribution in [-0.2, 0) is 0 Å². The van der Waals surface area contributed by atoms with Crippen LogP contribution in [-0.4, -0.2) is 16.5 Å². The third-order valence-corrected chi connectivity index (χ3v) is 4.37. The van der Waals surface area contributed by atoms with Gasteiger partial charge in [-0.25, -0.2) is 4.98 Å². The highest BCUT2D eigenvalue weighted by Crippen LogP contribution is 2.24. The van der Waals surface area contributed by atoms with Gasteiger partial charge in [0.1, 0.15) is 5.82 Å². The number of aromatic amines is 1. The van der Waals surface area contributed by atoms with Gasteiger partial charge in [0.2, 0.25) is 0 Å². The van der Waals surface area contributed by atoms with Crippen LogP contribution >= 0.6 is 0 Å². The van der Waals surface area contributed by atoms with E-state index < -0.39 is 0 Å². The van der Waals surface area contributed by atoms with E-state index in [4.69, 9.17) is 4.98 Å². The number of fused-ring (bicyclic) bond motifs is 1. The number of benzene rings is 1. The summed E-state index contributed by atoms with van der Waals surface area (Å²) in [6, 6.07) is 8.55. The molecule has 1 aromatic carbocycles. The zero-order chi connectivity index (χ0) is 14.7. The van der Waals surface area contributed by atoms with Crippen molar-refractivity contribution in [3.8, 4) is 0 Å². The van der Waals surface area contributed by atoms with Gasteiger partial charge in [0.15, 0.2) is 0 Å². The normalized spacial score (nSPS) is 20.2. The summed E-state index contributed by atoms with van der Waals surface area (Å²) >= 11 is 0. The van der Waals surface area contributed by atoms with E-state index in [-0.39, 0.29) is 0 Å². The van der Waals surface area contributed by atoms with Crippen LogP contribution in [0.4, 0.5) is 0 Å². The van der Waals surface area contributed by atoms with E-state index in [0.29, 0.717) is 12.0 Å². The van der Waals surface area contributed by atoms with Crippen LogP contribution in [0.25, 0.3) is 11.0 Å². The van der Waals surface area contributed by atoms with Crippen LogP contribution in [0.15, 0.2) is 36.4 Å². The summed E-state index contributed by atoms with van der Waals surface area (Å²) in [5, 5.41) is 3.74. The number of hydrogen-bond acceptors (Lipinski definition) is 2.